The predicted molar refractivity (Wildman–Crippen MR) is 114 cm³/mol. The van der Waals surface area contributed by atoms with Crippen LogP contribution in [0.5, 0.6) is 5.75 Å². The summed E-state index contributed by atoms with van der Waals surface area (Å²) in [6, 6.07) is 13.4. The molecule has 0 bridgehead atoms. The summed E-state index contributed by atoms with van der Waals surface area (Å²) in [7, 11) is 0. The molecule has 0 spiro atoms. The molecule has 1 amide bonds. The predicted octanol–water partition coefficient (Wildman–Crippen LogP) is 3.69. The van der Waals surface area contributed by atoms with Gasteiger partial charge in [0.1, 0.15) is 11.4 Å². The maximum atomic E-state index is 12.4. The SMILES string of the molecule is CCOc1ccc(-n2c(SCC(=O)N(CC)CC)nnc2-c2ccccn2)cc1. The highest BCUT2D eigenvalue weighted by Crippen LogP contribution is 2.28. The molecule has 0 saturated carbocycles. The van der Waals surface area contributed by atoms with Crippen molar-refractivity contribution in [2.75, 3.05) is 25.4 Å². The van der Waals surface area contributed by atoms with Crippen LogP contribution in [0.3, 0.4) is 0 Å². The zero-order valence-electron chi connectivity index (χ0n) is 16.9. The first-order valence-corrected chi connectivity index (χ1v) is 10.7. The fourth-order valence-electron chi connectivity index (χ4n) is 2.91. The van der Waals surface area contributed by atoms with E-state index in [0.29, 0.717) is 36.4 Å². The van der Waals surface area contributed by atoms with Crippen molar-refractivity contribution >= 4 is 17.7 Å². The fraction of sp³-hybridized carbons (Fsp3) is 0.333. The average molecular weight is 412 g/mol. The lowest BCUT2D eigenvalue weighted by Crippen LogP contribution is -2.31. The van der Waals surface area contributed by atoms with Gasteiger partial charge in [0.2, 0.25) is 5.91 Å². The van der Waals surface area contributed by atoms with Crippen molar-refractivity contribution in [3.8, 4) is 23.0 Å². The van der Waals surface area contributed by atoms with Crippen LogP contribution in [0.25, 0.3) is 17.2 Å². The largest absolute Gasteiger partial charge is 0.494 e. The number of hydrogen-bond donors (Lipinski definition) is 0. The minimum atomic E-state index is 0.0839. The standard InChI is InChI=1S/C21H25N5O2S/c1-4-25(5-2)19(27)15-29-21-24-23-20(18-9-7-8-14-22-18)26(21)16-10-12-17(13-11-16)28-6-3/h7-14H,4-6,15H2,1-3H3. The lowest BCUT2D eigenvalue weighted by Gasteiger charge is -2.18. The average Bonchev–Trinajstić information content (AvgIpc) is 3.18. The number of benzene rings is 1. The van der Waals surface area contributed by atoms with E-state index in [1.807, 2.05) is 72.7 Å². The highest BCUT2D eigenvalue weighted by molar-refractivity contribution is 7.99. The molecule has 0 atom stereocenters. The Morgan fingerprint density at radius 1 is 1.07 bits per heavy atom. The van der Waals surface area contributed by atoms with Crippen LogP contribution in [0.2, 0.25) is 0 Å². The molecule has 7 nitrogen and oxygen atoms in total. The van der Waals surface area contributed by atoms with E-state index in [0.717, 1.165) is 17.1 Å². The summed E-state index contributed by atoms with van der Waals surface area (Å²) >= 11 is 1.38. The molecule has 0 aliphatic carbocycles. The monoisotopic (exact) mass is 411 g/mol. The van der Waals surface area contributed by atoms with E-state index >= 15 is 0 Å². The Morgan fingerprint density at radius 2 is 1.83 bits per heavy atom. The second-order valence-electron chi connectivity index (χ2n) is 6.14. The van der Waals surface area contributed by atoms with E-state index in [1.165, 1.54) is 11.8 Å². The number of rotatable bonds is 9. The van der Waals surface area contributed by atoms with Crippen LogP contribution in [-0.2, 0) is 4.79 Å². The third-order valence-electron chi connectivity index (χ3n) is 4.37. The molecule has 0 N–H and O–H groups in total. The minimum Gasteiger partial charge on any atom is -0.494 e. The van der Waals surface area contributed by atoms with Gasteiger partial charge in [0.15, 0.2) is 11.0 Å². The van der Waals surface area contributed by atoms with Crippen molar-refractivity contribution in [3.05, 3.63) is 48.7 Å². The van der Waals surface area contributed by atoms with Crippen LogP contribution in [0.15, 0.2) is 53.8 Å². The smallest absolute Gasteiger partial charge is 0.233 e. The molecule has 0 unspecified atom stereocenters. The van der Waals surface area contributed by atoms with Gasteiger partial charge in [0.25, 0.3) is 0 Å². The maximum absolute atomic E-state index is 12.4. The van der Waals surface area contributed by atoms with E-state index in [1.54, 1.807) is 6.20 Å². The molecule has 8 heteroatoms. The number of hydrogen-bond acceptors (Lipinski definition) is 6. The lowest BCUT2D eigenvalue weighted by molar-refractivity contribution is -0.127. The molecule has 3 aromatic rings. The maximum Gasteiger partial charge on any atom is 0.233 e. The number of amides is 1. The molecule has 29 heavy (non-hydrogen) atoms. The highest BCUT2D eigenvalue weighted by Gasteiger charge is 2.19. The van der Waals surface area contributed by atoms with Crippen molar-refractivity contribution < 1.29 is 9.53 Å². The fourth-order valence-corrected chi connectivity index (χ4v) is 3.76. The highest BCUT2D eigenvalue weighted by atomic mass is 32.2. The van der Waals surface area contributed by atoms with Gasteiger partial charge in [-0.3, -0.25) is 14.3 Å². The lowest BCUT2D eigenvalue weighted by atomic mass is 10.3. The van der Waals surface area contributed by atoms with Crippen LogP contribution in [-0.4, -0.2) is 56.0 Å². The summed E-state index contributed by atoms with van der Waals surface area (Å²) in [5, 5.41) is 9.35. The van der Waals surface area contributed by atoms with Crippen LogP contribution >= 0.6 is 11.8 Å². The van der Waals surface area contributed by atoms with E-state index in [-0.39, 0.29) is 5.91 Å². The first-order valence-electron chi connectivity index (χ1n) is 9.68. The van der Waals surface area contributed by atoms with Crippen molar-refractivity contribution in [2.45, 2.75) is 25.9 Å². The van der Waals surface area contributed by atoms with Gasteiger partial charge in [0.05, 0.1) is 18.0 Å². The molecule has 0 aliphatic heterocycles. The topological polar surface area (TPSA) is 73.1 Å². The van der Waals surface area contributed by atoms with Gasteiger partial charge in [-0.15, -0.1) is 10.2 Å². The summed E-state index contributed by atoms with van der Waals surface area (Å²) in [6.45, 7) is 7.91. The van der Waals surface area contributed by atoms with Crippen LogP contribution in [0, 0.1) is 0 Å². The van der Waals surface area contributed by atoms with Crippen molar-refractivity contribution in [1.29, 1.82) is 0 Å². The van der Waals surface area contributed by atoms with E-state index in [4.69, 9.17) is 4.74 Å². The number of nitrogens with zero attached hydrogens (tertiary/aromatic N) is 5. The summed E-state index contributed by atoms with van der Waals surface area (Å²) in [5.74, 6) is 1.82. The summed E-state index contributed by atoms with van der Waals surface area (Å²) < 4.78 is 7.47. The van der Waals surface area contributed by atoms with E-state index in [9.17, 15) is 4.79 Å². The van der Waals surface area contributed by atoms with Crippen molar-refractivity contribution in [3.63, 3.8) is 0 Å². The molecule has 0 saturated heterocycles. The van der Waals surface area contributed by atoms with Gasteiger partial charge in [-0.2, -0.15) is 0 Å². The second kappa shape index (κ2) is 10.1. The van der Waals surface area contributed by atoms with E-state index in [2.05, 4.69) is 15.2 Å². The molecule has 2 heterocycles. The van der Waals surface area contributed by atoms with Crippen molar-refractivity contribution in [1.82, 2.24) is 24.6 Å². The molecular weight excluding hydrogens is 386 g/mol. The third-order valence-corrected chi connectivity index (χ3v) is 5.29. The van der Waals surface area contributed by atoms with Gasteiger partial charge in [-0.05, 0) is 57.2 Å². The van der Waals surface area contributed by atoms with Gasteiger partial charge in [0, 0.05) is 19.3 Å². The van der Waals surface area contributed by atoms with Crippen LogP contribution in [0.4, 0.5) is 0 Å². The molecule has 1 aromatic carbocycles. The quantitative estimate of drug-likeness (QED) is 0.500. The minimum absolute atomic E-state index is 0.0839. The Morgan fingerprint density at radius 3 is 2.45 bits per heavy atom. The van der Waals surface area contributed by atoms with E-state index < -0.39 is 0 Å². The van der Waals surface area contributed by atoms with Gasteiger partial charge < -0.3 is 9.64 Å². The van der Waals surface area contributed by atoms with Gasteiger partial charge >= 0.3 is 0 Å². The van der Waals surface area contributed by atoms with Gasteiger partial charge in [-0.25, -0.2) is 0 Å². The number of thioether (sulfide) groups is 1. The molecule has 3 rings (SSSR count). The Balaban J connectivity index is 1.94. The summed E-state index contributed by atoms with van der Waals surface area (Å²) in [6.07, 6.45) is 1.73. The Kier molecular flexibility index (Phi) is 7.24. The summed E-state index contributed by atoms with van der Waals surface area (Å²) in [5.41, 5.74) is 1.60. The first-order chi connectivity index (χ1) is 14.2. The molecular formula is C21H25N5O2S. The molecule has 0 fully saturated rings. The zero-order chi connectivity index (χ0) is 20.6. The van der Waals surface area contributed by atoms with Crippen molar-refractivity contribution in [2.24, 2.45) is 0 Å². The second-order valence-corrected chi connectivity index (χ2v) is 7.08. The molecule has 2 aromatic heterocycles. The Labute approximate surface area is 175 Å². The summed E-state index contributed by atoms with van der Waals surface area (Å²) in [4.78, 5) is 18.7. The van der Waals surface area contributed by atoms with Crippen LogP contribution in [0.1, 0.15) is 20.8 Å². The number of carbonyl (C=O) groups excluding carboxylic acids is 1. The Hall–Kier alpha value is -2.87. The third kappa shape index (κ3) is 4.95. The Bertz CT molecular complexity index is 924. The number of aromatic nitrogens is 4. The molecule has 0 aliphatic rings. The number of pyridine rings is 1. The van der Waals surface area contributed by atoms with Gasteiger partial charge in [-0.1, -0.05) is 17.8 Å². The number of carbonyl (C=O) groups is 1. The molecule has 0 radical (unpaired) electrons. The first kappa shape index (κ1) is 20.9. The zero-order valence-corrected chi connectivity index (χ0v) is 17.7. The molecule has 152 valence electrons. The normalized spacial score (nSPS) is 10.7. The van der Waals surface area contributed by atoms with Crippen LogP contribution < -0.4 is 4.74 Å². The number of ether oxygens (including phenoxy) is 1.